The van der Waals surface area contributed by atoms with Crippen molar-refractivity contribution in [2.75, 3.05) is 11.9 Å². The van der Waals surface area contributed by atoms with Crippen LogP contribution in [-0.2, 0) is 0 Å². The molecule has 1 aliphatic heterocycles. The lowest BCUT2D eigenvalue weighted by atomic mass is 10.1. The van der Waals surface area contributed by atoms with E-state index in [1.54, 1.807) is 18.2 Å². The van der Waals surface area contributed by atoms with Crippen molar-refractivity contribution in [3.05, 3.63) is 29.3 Å². The Labute approximate surface area is 124 Å². The number of aliphatic hydroxyl groups is 1. The molecule has 0 spiro atoms. The van der Waals surface area contributed by atoms with Crippen LogP contribution in [0.2, 0.25) is 5.02 Å². The zero-order valence-electron chi connectivity index (χ0n) is 10.9. The van der Waals surface area contributed by atoms with E-state index in [4.69, 9.17) is 11.6 Å². The highest BCUT2D eigenvalue weighted by Crippen LogP contribution is 2.31. The van der Waals surface area contributed by atoms with E-state index in [1.807, 2.05) is 0 Å². The Bertz CT molecular complexity index is 524. The SMILES string of the molecule is O=C(Nc1cccc(Cl)c1)N1CCC[C@@H]1[C@@H](O)C(F)(F)F. The Hall–Kier alpha value is -1.47. The van der Waals surface area contributed by atoms with Gasteiger partial charge in [-0.2, -0.15) is 13.2 Å². The lowest BCUT2D eigenvalue weighted by Crippen LogP contribution is -2.50. The number of anilines is 1. The first-order chi connectivity index (χ1) is 9.79. The number of nitrogens with one attached hydrogen (secondary N) is 1. The second-order valence-electron chi connectivity index (χ2n) is 4.83. The van der Waals surface area contributed by atoms with Crippen LogP contribution in [0.3, 0.4) is 0 Å². The molecule has 1 aromatic rings. The fraction of sp³-hybridized carbons (Fsp3) is 0.462. The monoisotopic (exact) mass is 322 g/mol. The van der Waals surface area contributed by atoms with Gasteiger partial charge in [0.05, 0.1) is 6.04 Å². The molecule has 1 heterocycles. The van der Waals surface area contributed by atoms with Gasteiger partial charge in [-0.3, -0.25) is 0 Å². The van der Waals surface area contributed by atoms with Gasteiger partial charge >= 0.3 is 12.2 Å². The van der Waals surface area contributed by atoms with E-state index in [1.165, 1.54) is 6.07 Å². The number of aliphatic hydroxyl groups excluding tert-OH is 1. The lowest BCUT2D eigenvalue weighted by molar-refractivity contribution is -0.216. The van der Waals surface area contributed by atoms with Crippen LogP contribution in [0, 0.1) is 0 Å². The van der Waals surface area contributed by atoms with Crippen LogP contribution < -0.4 is 5.32 Å². The first-order valence-corrected chi connectivity index (χ1v) is 6.75. The second kappa shape index (κ2) is 6.11. The molecule has 2 atom stereocenters. The molecule has 2 N–H and O–H groups in total. The summed E-state index contributed by atoms with van der Waals surface area (Å²) in [6.45, 7) is 0.171. The smallest absolute Gasteiger partial charge is 0.382 e. The van der Waals surface area contributed by atoms with Crippen molar-refractivity contribution in [3.63, 3.8) is 0 Å². The number of halogens is 4. The highest BCUT2D eigenvalue weighted by molar-refractivity contribution is 6.30. The van der Waals surface area contributed by atoms with E-state index in [-0.39, 0.29) is 13.0 Å². The molecule has 0 bridgehead atoms. The highest BCUT2D eigenvalue weighted by Gasteiger charge is 2.48. The number of urea groups is 1. The van der Waals surface area contributed by atoms with Gasteiger partial charge in [0.15, 0.2) is 6.10 Å². The summed E-state index contributed by atoms with van der Waals surface area (Å²) < 4.78 is 37.8. The molecule has 1 fully saturated rings. The third-order valence-corrected chi connectivity index (χ3v) is 3.57. The van der Waals surface area contributed by atoms with Crippen LogP contribution in [0.5, 0.6) is 0 Å². The molecule has 1 aromatic carbocycles. The fourth-order valence-electron chi connectivity index (χ4n) is 2.35. The average Bonchev–Trinajstić information content (AvgIpc) is 2.85. The van der Waals surface area contributed by atoms with Crippen LogP contribution in [0.1, 0.15) is 12.8 Å². The molecule has 4 nitrogen and oxygen atoms in total. The summed E-state index contributed by atoms with van der Waals surface area (Å²) in [5.74, 6) is 0. The topological polar surface area (TPSA) is 52.6 Å². The molecule has 2 rings (SSSR count). The number of likely N-dealkylation sites (tertiary alicyclic amines) is 1. The predicted octanol–water partition coefficient (Wildman–Crippen LogP) is 3.26. The van der Waals surface area contributed by atoms with Gasteiger partial charge in [0.2, 0.25) is 0 Å². The molecule has 1 aliphatic rings. The van der Waals surface area contributed by atoms with Crippen molar-refractivity contribution < 1.29 is 23.1 Å². The Kier molecular flexibility index (Phi) is 4.63. The number of rotatable bonds is 2. The standard InChI is InChI=1S/C13H14ClF3N2O2/c14-8-3-1-4-9(7-8)18-12(21)19-6-2-5-10(19)11(20)13(15,16)17/h1,3-4,7,10-11,20H,2,5-6H2,(H,18,21)/t10-,11-/m1/s1. The quantitative estimate of drug-likeness (QED) is 0.878. The van der Waals surface area contributed by atoms with Crippen LogP contribution in [0.15, 0.2) is 24.3 Å². The molecule has 0 aliphatic carbocycles. The second-order valence-corrected chi connectivity index (χ2v) is 5.27. The largest absolute Gasteiger partial charge is 0.416 e. The molecule has 8 heteroatoms. The minimum atomic E-state index is -4.75. The molecule has 0 unspecified atom stereocenters. The molecular weight excluding hydrogens is 309 g/mol. The number of nitrogens with zero attached hydrogens (tertiary/aromatic N) is 1. The number of benzene rings is 1. The van der Waals surface area contributed by atoms with E-state index in [2.05, 4.69) is 5.32 Å². The third kappa shape index (κ3) is 3.79. The molecule has 0 radical (unpaired) electrons. The maximum Gasteiger partial charge on any atom is 0.416 e. The van der Waals surface area contributed by atoms with E-state index in [0.717, 1.165) is 4.90 Å². The highest BCUT2D eigenvalue weighted by atomic mass is 35.5. The van der Waals surface area contributed by atoms with Gasteiger partial charge in [-0.05, 0) is 31.0 Å². The first-order valence-electron chi connectivity index (χ1n) is 6.37. The summed E-state index contributed by atoms with van der Waals surface area (Å²) in [6, 6.07) is 4.36. The van der Waals surface area contributed by atoms with Gasteiger partial charge in [-0.1, -0.05) is 17.7 Å². The zero-order chi connectivity index (χ0) is 15.6. The average molecular weight is 323 g/mol. The predicted molar refractivity (Wildman–Crippen MR) is 72.3 cm³/mol. The van der Waals surface area contributed by atoms with Crippen molar-refractivity contribution in [2.24, 2.45) is 0 Å². The number of carbonyl (C=O) groups is 1. The number of amides is 2. The molecule has 21 heavy (non-hydrogen) atoms. The van der Waals surface area contributed by atoms with Crippen LogP contribution in [0.25, 0.3) is 0 Å². The van der Waals surface area contributed by atoms with Crippen molar-refractivity contribution in [2.45, 2.75) is 31.2 Å². The van der Waals surface area contributed by atoms with Gasteiger partial charge in [0.1, 0.15) is 0 Å². The van der Waals surface area contributed by atoms with Crippen LogP contribution in [-0.4, -0.2) is 40.9 Å². The van der Waals surface area contributed by atoms with Gasteiger partial charge in [-0.25, -0.2) is 4.79 Å². The number of alkyl halides is 3. The van der Waals surface area contributed by atoms with Crippen molar-refractivity contribution in [3.8, 4) is 0 Å². The Morgan fingerprint density at radius 1 is 1.48 bits per heavy atom. The van der Waals surface area contributed by atoms with Gasteiger partial charge in [0, 0.05) is 17.3 Å². The summed E-state index contributed by atoms with van der Waals surface area (Å²) in [7, 11) is 0. The van der Waals surface area contributed by atoms with Crippen LogP contribution in [0.4, 0.5) is 23.7 Å². The van der Waals surface area contributed by atoms with Crippen molar-refractivity contribution in [1.29, 1.82) is 0 Å². The first kappa shape index (κ1) is 15.9. The summed E-state index contributed by atoms with van der Waals surface area (Å²) in [5.41, 5.74) is 0.389. The number of carbonyl (C=O) groups excluding carboxylic acids is 1. The molecular formula is C13H14ClF3N2O2. The molecule has 116 valence electrons. The summed E-state index contributed by atoms with van der Waals surface area (Å²) >= 11 is 5.77. The van der Waals surface area contributed by atoms with Crippen LogP contribution >= 0.6 is 11.6 Å². The van der Waals surface area contributed by atoms with E-state index < -0.39 is 24.4 Å². The lowest BCUT2D eigenvalue weighted by Gasteiger charge is -2.29. The Balaban J connectivity index is 2.07. The number of hydrogen-bond donors (Lipinski definition) is 2. The fourth-order valence-corrected chi connectivity index (χ4v) is 2.54. The van der Waals surface area contributed by atoms with Gasteiger partial charge < -0.3 is 15.3 Å². The Morgan fingerprint density at radius 2 is 2.19 bits per heavy atom. The Morgan fingerprint density at radius 3 is 2.81 bits per heavy atom. The molecule has 0 saturated carbocycles. The zero-order valence-corrected chi connectivity index (χ0v) is 11.7. The van der Waals surface area contributed by atoms with E-state index in [9.17, 15) is 23.1 Å². The normalized spacial score (nSPS) is 20.4. The summed E-state index contributed by atoms with van der Waals surface area (Å²) in [4.78, 5) is 13.1. The molecule has 0 aromatic heterocycles. The molecule has 2 amide bonds. The maximum absolute atomic E-state index is 12.6. The minimum absolute atomic E-state index is 0.115. The van der Waals surface area contributed by atoms with Crippen molar-refractivity contribution >= 4 is 23.3 Å². The minimum Gasteiger partial charge on any atom is -0.382 e. The molecule has 1 saturated heterocycles. The van der Waals surface area contributed by atoms with Gasteiger partial charge in [-0.15, -0.1) is 0 Å². The summed E-state index contributed by atoms with van der Waals surface area (Å²) in [5, 5.41) is 12.2. The number of hydrogen-bond acceptors (Lipinski definition) is 2. The van der Waals surface area contributed by atoms with Gasteiger partial charge in [0.25, 0.3) is 0 Å². The summed E-state index contributed by atoms with van der Waals surface area (Å²) in [6.07, 6.45) is -6.75. The van der Waals surface area contributed by atoms with E-state index in [0.29, 0.717) is 17.1 Å². The maximum atomic E-state index is 12.6. The third-order valence-electron chi connectivity index (χ3n) is 3.34. The van der Waals surface area contributed by atoms with E-state index >= 15 is 0 Å². The van der Waals surface area contributed by atoms with Crippen molar-refractivity contribution in [1.82, 2.24) is 4.90 Å².